The average Bonchev–Trinajstić information content (AvgIpc) is 2.99. The van der Waals surface area contributed by atoms with Crippen LogP contribution in [0.4, 0.5) is 0 Å². The molecule has 0 heterocycles. The summed E-state index contributed by atoms with van der Waals surface area (Å²) in [6.07, 6.45) is -0.181. The van der Waals surface area contributed by atoms with E-state index in [4.69, 9.17) is 5.11 Å². The Hall–Kier alpha value is -1.64. The Morgan fingerprint density at radius 1 is 1.00 bits per heavy atom. The van der Waals surface area contributed by atoms with Crippen molar-refractivity contribution in [1.29, 1.82) is 0 Å². The van der Waals surface area contributed by atoms with Crippen molar-refractivity contribution in [3.05, 3.63) is 60.2 Å². The largest absolute Gasteiger partial charge is 0.999 e. The van der Waals surface area contributed by atoms with E-state index in [9.17, 15) is 9.59 Å². The van der Waals surface area contributed by atoms with Gasteiger partial charge < -0.3 is 70.1 Å². The Kier molecular flexibility index (Phi) is 8.54. The Balaban J connectivity index is 0.000000405. The van der Waals surface area contributed by atoms with Gasteiger partial charge in [0.2, 0.25) is 0 Å². The molecule has 3 nitrogen and oxygen atoms in total. The van der Waals surface area contributed by atoms with E-state index in [0.717, 1.165) is 0 Å². The molecule has 0 aliphatic heterocycles. The van der Waals surface area contributed by atoms with Crippen molar-refractivity contribution in [2.45, 2.75) is 12.8 Å². The van der Waals surface area contributed by atoms with E-state index < -0.39 is 5.97 Å². The number of Topliss-reactive ketones (excluding diaryl/α,β-unsaturated/α-hetero) is 1. The summed E-state index contributed by atoms with van der Waals surface area (Å²) in [5.74, 6) is -1.27. The fourth-order valence-corrected chi connectivity index (χ4v) is 0.884. The fourth-order valence-electron chi connectivity index (χ4n) is 0.884. The Bertz CT molecular complexity index is 412. The molecule has 0 unspecified atom stereocenters. The number of carboxylic acids is 1. The summed E-state index contributed by atoms with van der Waals surface area (Å²) in [5.41, 5.74) is 0.233. The van der Waals surface area contributed by atoms with Gasteiger partial charge in [0.05, 0.1) is 0 Å². The molecule has 2 rings (SSSR count). The zero-order chi connectivity index (χ0) is 12.5. The molecule has 0 atom stereocenters. The van der Waals surface area contributed by atoms with Gasteiger partial charge in [-0.15, -0.1) is 6.42 Å². The van der Waals surface area contributed by atoms with Crippen LogP contribution < -0.4 is 0 Å². The van der Waals surface area contributed by atoms with Crippen LogP contribution in [0.15, 0.2) is 6.07 Å². The van der Waals surface area contributed by atoms with Crippen molar-refractivity contribution in [2.75, 3.05) is 0 Å². The van der Waals surface area contributed by atoms with Crippen LogP contribution in [0.25, 0.3) is 0 Å². The van der Waals surface area contributed by atoms with Crippen molar-refractivity contribution < 1.29 is 31.8 Å². The van der Waals surface area contributed by atoms with E-state index >= 15 is 0 Å². The van der Waals surface area contributed by atoms with Crippen LogP contribution in [0.5, 0.6) is 0 Å². The van der Waals surface area contributed by atoms with E-state index in [1.807, 2.05) is 0 Å². The summed E-state index contributed by atoms with van der Waals surface area (Å²) >= 11 is 0. The molecule has 0 aliphatic carbocycles. The number of carboxylic acid groups (broad SMARTS) is 1. The maximum Gasteiger partial charge on any atom is 0.301 e. The Morgan fingerprint density at radius 3 is 1.94 bits per heavy atom. The molecular formula is C14H6FeO3-10. The quantitative estimate of drug-likeness (QED) is 0.520. The summed E-state index contributed by atoms with van der Waals surface area (Å²) in [6, 6.07) is 21.8. The fraction of sp³-hybridized carbons (Fsp3) is 0.143. The second-order valence-electron chi connectivity index (χ2n) is 2.87. The van der Waals surface area contributed by atoms with Crippen molar-refractivity contribution in [3.8, 4) is 0 Å². The number of carbonyl (C=O) groups excluding carboxylic acids is 1. The summed E-state index contributed by atoms with van der Waals surface area (Å²) < 4.78 is 0. The van der Waals surface area contributed by atoms with Gasteiger partial charge in [0.25, 0.3) is 0 Å². The zero-order valence-corrected chi connectivity index (χ0v) is 10.2. The molecule has 2 aromatic rings. The van der Waals surface area contributed by atoms with E-state index in [2.05, 4.69) is 48.5 Å². The third-order valence-corrected chi connectivity index (χ3v) is 1.63. The first kappa shape index (κ1) is 16.4. The molecule has 0 bridgehead atoms. The summed E-state index contributed by atoms with van der Waals surface area (Å²) in [6.45, 7) is 0. The molecule has 0 aromatic heterocycles. The number of aliphatic carboxylic acids is 1. The Labute approximate surface area is 117 Å². The van der Waals surface area contributed by atoms with Crippen LogP contribution in [0, 0.1) is 48.5 Å². The maximum absolute atomic E-state index is 11.0. The van der Waals surface area contributed by atoms with Gasteiger partial charge in [0, 0.05) is 23.5 Å². The first-order valence-electron chi connectivity index (χ1n) is 4.67. The molecule has 4 heteroatoms. The monoisotopic (exact) mass is 278 g/mol. The smallest absolute Gasteiger partial charge is 0.301 e. The van der Waals surface area contributed by atoms with Gasteiger partial charge in [-0.1, -0.05) is 0 Å². The van der Waals surface area contributed by atoms with Crippen LogP contribution >= 0.6 is 0 Å². The third-order valence-electron chi connectivity index (χ3n) is 1.63. The van der Waals surface area contributed by atoms with Crippen LogP contribution in [0.3, 0.4) is 0 Å². The maximum atomic E-state index is 11.0. The molecule has 0 spiro atoms. The van der Waals surface area contributed by atoms with Crippen LogP contribution in [0.2, 0.25) is 0 Å². The first-order valence-corrected chi connectivity index (χ1v) is 4.67. The molecule has 2 aromatic carbocycles. The van der Waals surface area contributed by atoms with Crippen LogP contribution in [-0.2, 0) is 21.9 Å². The minimum atomic E-state index is -0.983. The molecular weight excluding hydrogens is 272 g/mol. The predicted molar refractivity (Wildman–Crippen MR) is 56.0 cm³/mol. The van der Waals surface area contributed by atoms with Crippen molar-refractivity contribution in [2.24, 2.45) is 0 Å². The van der Waals surface area contributed by atoms with E-state index in [1.165, 1.54) is 0 Å². The molecule has 0 fully saturated rings. The van der Waals surface area contributed by atoms with Crippen molar-refractivity contribution in [1.82, 2.24) is 0 Å². The third kappa shape index (κ3) is 6.84. The standard InChI is InChI=1S/C9H5O3.C5H.Fe/c10-8(5-6-9(11)12)7-3-1-2-4-7;1-2-4-5-3-1;/h5-6H2,(H,11,12);1H;/q2*-5;. The summed E-state index contributed by atoms with van der Waals surface area (Å²) in [5, 5.41) is 8.27. The van der Waals surface area contributed by atoms with Gasteiger partial charge in [-0.05, 0) is 0 Å². The van der Waals surface area contributed by atoms with E-state index in [1.54, 1.807) is 6.07 Å². The molecule has 0 amide bonds. The van der Waals surface area contributed by atoms with Crippen molar-refractivity contribution >= 4 is 11.8 Å². The van der Waals surface area contributed by atoms with E-state index in [-0.39, 0.29) is 41.3 Å². The Morgan fingerprint density at radius 2 is 1.56 bits per heavy atom. The van der Waals surface area contributed by atoms with Gasteiger partial charge in [-0.3, -0.25) is 10.6 Å². The molecule has 98 valence electrons. The SMILES string of the molecule is O=C(O)CCC(=O)[c-]1[c-][c-][c-][c-]1.[Fe].[c-]1[c-][c-][cH-][c-]1. The molecule has 1 N–H and O–H groups in total. The van der Waals surface area contributed by atoms with E-state index in [0.29, 0.717) is 0 Å². The molecule has 18 heavy (non-hydrogen) atoms. The zero-order valence-electron chi connectivity index (χ0n) is 9.11. The number of carbonyl (C=O) groups is 2. The second kappa shape index (κ2) is 9.40. The van der Waals surface area contributed by atoms with Gasteiger partial charge in [0.1, 0.15) is 0 Å². The predicted octanol–water partition coefficient (Wildman–Crippen LogP) is 1.26. The minimum Gasteiger partial charge on any atom is -0.999 e. The average molecular weight is 278 g/mol. The minimum absolute atomic E-state index is 0. The molecule has 0 radical (unpaired) electrons. The van der Waals surface area contributed by atoms with Gasteiger partial charge >= 0.3 is 5.97 Å². The number of ketones is 1. The second-order valence-corrected chi connectivity index (χ2v) is 2.87. The number of hydrogen-bond acceptors (Lipinski definition) is 2. The molecule has 0 saturated heterocycles. The summed E-state index contributed by atoms with van der Waals surface area (Å²) in [7, 11) is 0. The van der Waals surface area contributed by atoms with Gasteiger partial charge in [-0.2, -0.15) is 0 Å². The van der Waals surface area contributed by atoms with Crippen LogP contribution in [-0.4, -0.2) is 16.9 Å². The number of hydrogen-bond donors (Lipinski definition) is 1. The van der Waals surface area contributed by atoms with Crippen LogP contribution in [0.1, 0.15) is 23.2 Å². The normalized spacial score (nSPS) is 8.67. The van der Waals surface area contributed by atoms with Crippen molar-refractivity contribution in [3.63, 3.8) is 0 Å². The summed E-state index contributed by atoms with van der Waals surface area (Å²) in [4.78, 5) is 21.1. The first-order chi connectivity index (χ1) is 8.20. The topological polar surface area (TPSA) is 54.4 Å². The van der Waals surface area contributed by atoms with Gasteiger partial charge in [-0.25, -0.2) is 0 Å². The molecule has 0 aliphatic rings. The van der Waals surface area contributed by atoms with Gasteiger partial charge in [0.15, 0.2) is 0 Å². The number of rotatable bonds is 4. The molecule has 0 saturated carbocycles.